The van der Waals surface area contributed by atoms with Gasteiger partial charge >= 0.3 is 0 Å². The number of β-amino-alcohol motifs (C(OH)–C–C–N with tert-alkyl or cyclic N) is 1. The fourth-order valence-corrected chi connectivity index (χ4v) is 7.92. The Bertz CT molecular complexity index is 1630. The molecule has 2 fully saturated rings. The van der Waals surface area contributed by atoms with Crippen LogP contribution in [0.2, 0.25) is 0 Å². The number of sulfone groups is 1. The summed E-state index contributed by atoms with van der Waals surface area (Å²) in [7, 11) is -3.86. The predicted molar refractivity (Wildman–Crippen MR) is 204 cm³/mol. The summed E-state index contributed by atoms with van der Waals surface area (Å²) in [4.78, 5) is 42.8. The summed E-state index contributed by atoms with van der Waals surface area (Å²) in [6, 6.07) is 15.0. The molecule has 2 aromatic rings. The van der Waals surface area contributed by atoms with Crippen molar-refractivity contribution in [3.63, 3.8) is 0 Å². The summed E-state index contributed by atoms with van der Waals surface area (Å²) in [6.07, 6.45) is 5.32. The maximum absolute atomic E-state index is 14.2. The highest BCUT2D eigenvalue weighted by atomic mass is 32.2. The van der Waals surface area contributed by atoms with Gasteiger partial charge in [-0.15, -0.1) is 0 Å². The van der Waals surface area contributed by atoms with Crippen molar-refractivity contribution in [2.24, 2.45) is 11.8 Å². The average molecular weight is 742 g/mol. The number of piperidine rings is 1. The molecule has 0 aromatic heterocycles. The van der Waals surface area contributed by atoms with Gasteiger partial charge in [0, 0.05) is 30.4 Å². The Hall–Kier alpha value is -3.39. The highest BCUT2D eigenvalue weighted by Crippen LogP contribution is 2.39. The van der Waals surface area contributed by atoms with E-state index in [1.165, 1.54) is 13.8 Å². The van der Waals surface area contributed by atoms with Crippen LogP contribution in [0.1, 0.15) is 82.6 Å². The van der Waals surface area contributed by atoms with Crippen molar-refractivity contribution in [2.45, 2.75) is 108 Å². The van der Waals surface area contributed by atoms with Crippen LogP contribution in [0, 0.1) is 11.8 Å². The number of nitrogens with zero attached hydrogens (tertiary/aromatic N) is 1. The molecule has 51 heavy (non-hydrogen) atoms. The van der Waals surface area contributed by atoms with E-state index in [-0.39, 0.29) is 24.0 Å². The summed E-state index contributed by atoms with van der Waals surface area (Å²) in [5, 5.41) is 23.2. The Morgan fingerprint density at radius 1 is 0.922 bits per heavy atom. The van der Waals surface area contributed by atoms with Crippen molar-refractivity contribution >= 4 is 44.9 Å². The molecule has 280 valence electrons. The molecular weight excluding hydrogens is 687 g/mol. The van der Waals surface area contributed by atoms with Gasteiger partial charge in [0.05, 0.1) is 22.9 Å². The standard InChI is InChI=1S/C38H55N5O6S2/c1-37(2,3)42-34(46)30-22-27-19-13-14-20-28(27)23-43(30)24-31(44)29(21-25-15-9-7-10-16-25)39-35(47)32(38(4,5)51(6,48)49)40-36(50)41-33(45)26-17-11-8-12-18-26/h7-12,15-18,27-32,44H,13-14,19-24H2,1-6H3,(H,39,47)(H,42,46)(H2,40,41,45,50)/t27-,28+,29-,30-,31+,32+/m0/s1. The fourth-order valence-electron chi connectivity index (χ4n) is 7.11. The molecule has 1 heterocycles. The van der Waals surface area contributed by atoms with E-state index in [4.69, 9.17) is 12.2 Å². The average Bonchev–Trinajstić information content (AvgIpc) is 3.06. The molecule has 4 rings (SSSR count). The van der Waals surface area contributed by atoms with Crippen LogP contribution < -0.4 is 21.3 Å². The van der Waals surface area contributed by atoms with Gasteiger partial charge in [0.25, 0.3) is 5.91 Å². The lowest BCUT2D eigenvalue weighted by Crippen LogP contribution is -2.65. The molecule has 2 aliphatic rings. The molecule has 0 unspecified atom stereocenters. The van der Waals surface area contributed by atoms with Crippen molar-refractivity contribution in [3.05, 3.63) is 71.8 Å². The summed E-state index contributed by atoms with van der Waals surface area (Å²) in [5.74, 6) is -0.446. The lowest BCUT2D eigenvalue weighted by Gasteiger charge is -2.47. The van der Waals surface area contributed by atoms with Gasteiger partial charge < -0.3 is 21.1 Å². The maximum Gasteiger partial charge on any atom is 0.257 e. The summed E-state index contributed by atoms with van der Waals surface area (Å²) in [5.41, 5.74) is 0.764. The number of thiocarbonyl (C=S) groups is 1. The molecule has 13 heteroatoms. The Balaban J connectivity index is 1.60. The lowest BCUT2D eigenvalue weighted by atomic mass is 9.72. The Morgan fingerprint density at radius 3 is 2.10 bits per heavy atom. The second kappa shape index (κ2) is 17.0. The second-order valence-corrected chi connectivity index (χ2v) is 18.7. The van der Waals surface area contributed by atoms with E-state index in [2.05, 4.69) is 26.2 Å². The number of aliphatic hydroxyl groups excluding tert-OH is 1. The number of carbonyl (C=O) groups excluding carboxylic acids is 3. The van der Waals surface area contributed by atoms with Crippen LogP contribution >= 0.6 is 12.2 Å². The van der Waals surface area contributed by atoms with Crippen LogP contribution in [-0.2, 0) is 25.8 Å². The van der Waals surface area contributed by atoms with E-state index >= 15 is 0 Å². The molecule has 6 atom stereocenters. The van der Waals surface area contributed by atoms with Crippen LogP contribution in [-0.4, -0.2) is 95.1 Å². The molecule has 0 radical (unpaired) electrons. The number of likely N-dealkylation sites (tertiary alicyclic amines) is 1. The number of hydrogen-bond acceptors (Lipinski definition) is 8. The van der Waals surface area contributed by atoms with Crippen molar-refractivity contribution in [2.75, 3.05) is 19.3 Å². The third kappa shape index (κ3) is 11.1. The number of carbonyl (C=O) groups is 3. The molecule has 11 nitrogen and oxygen atoms in total. The Labute approximate surface area is 308 Å². The maximum atomic E-state index is 14.2. The van der Waals surface area contributed by atoms with Crippen molar-refractivity contribution in [1.29, 1.82) is 0 Å². The van der Waals surface area contributed by atoms with Gasteiger partial charge in [-0.05, 0) is 95.6 Å². The van der Waals surface area contributed by atoms with Crippen LogP contribution in [0.5, 0.6) is 0 Å². The van der Waals surface area contributed by atoms with Gasteiger partial charge in [-0.3, -0.25) is 24.6 Å². The monoisotopic (exact) mass is 741 g/mol. The minimum Gasteiger partial charge on any atom is -0.390 e. The fraction of sp³-hybridized carbons (Fsp3) is 0.579. The van der Waals surface area contributed by atoms with Crippen LogP contribution in [0.15, 0.2) is 60.7 Å². The van der Waals surface area contributed by atoms with E-state index in [0.29, 0.717) is 30.4 Å². The number of hydrogen-bond donors (Lipinski definition) is 5. The Morgan fingerprint density at radius 2 is 1.51 bits per heavy atom. The topological polar surface area (TPSA) is 157 Å². The predicted octanol–water partition coefficient (Wildman–Crippen LogP) is 3.37. The molecule has 1 saturated heterocycles. The number of amides is 3. The molecule has 3 amide bonds. The van der Waals surface area contributed by atoms with Gasteiger partial charge in [-0.1, -0.05) is 67.8 Å². The molecule has 1 aliphatic carbocycles. The SMILES string of the molecule is CC(C)(C)NC(=O)[C@@H]1C[C@@H]2CCCC[C@@H]2CN1C[C@@H](O)[C@H](Cc1ccccc1)NC(=O)[C@@H](NC(=S)NC(=O)c1ccccc1)C(C)(C)S(C)(=O)=O. The molecule has 1 saturated carbocycles. The zero-order chi connectivity index (χ0) is 37.6. The molecular formula is C38H55N5O6S2. The van der Waals surface area contributed by atoms with Gasteiger partial charge in [0.2, 0.25) is 11.8 Å². The van der Waals surface area contributed by atoms with E-state index in [1.807, 2.05) is 51.1 Å². The van der Waals surface area contributed by atoms with E-state index in [0.717, 1.165) is 37.5 Å². The third-order valence-corrected chi connectivity index (χ3v) is 12.6. The molecule has 1 aliphatic heterocycles. The summed E-state index contributed by atoms with van der Waals surface area (Å²) < 4.78 is 24.5. The first-order chi connectivity index (χ1) is 23.9. The van der Waals surface area contributed by atoms with E-state index in [9.17, 15) is 27.9 Å². The van der Waals surface area contributed by atoms with Gasteiger partial charge in [-0.2, -0.15) is 0 Å². The largest absolute Gasteiger partial charge is 0.390 e. The van der Waals surface area contributed by atoms with E-state index < -0.39 is 56.2 Å². The quantitative estimate of drug-likeness (QED) is 0.206. The van der Waals surface area contributed by atoms with Crippen molar-refractivity contribution in [1.82, 2.24) is 26.2 Å². The summed E-state index contributed by atoms with van der Waals surface area (Å²) >= 11 is 5.41. The highest BCUT2D eigenvalue weighted by Gasteiger charge is 2.46. The zero-order valence-corrected chi connectivity index (χ0v) is 32.3. The number of aliphatic hydroxyl groups is 1. The summed E-state index contributed by atoms with van der Waals surface area (Å²) in [6.45, 7) is 9.46. The van der Waals surface area contributed by atoms with Gasteiger partial charge in [0.15, 0.2) is 14.9 Å². The number of nitrogens with one attached hydrogen (secondary N) is 4. The number of benzene rings is 2. The van der Waals surface area contributed by atoms with Crippen molar-refractivity contribution in [3.8, 4) is 0 Å². The number of fused-ring (bicyclic) bond motifs is 1. The second-order valence-electron chi connectivity index (χ2n) is 15.7. The lowest BCUT2D eigenvalue weighted by molar-refractivity contribution is -0.133. The van der Waals surface area contributed by atoms with Crippen LogP contribution in [0.3, 0.4) is 0 Å². The molecule has 5 N–H and O–H groups in total. The van der Waals surface area contributed by atoms with E-state index in [1.54, 1.807) is 30.3 Å². The first-order valence-corrected chi connectivity index (χ1v) is 20.1. The smallest absolute Gasteiger partial charge is 0.257 e. The minimum absolute atomic E-state index is 0.0763. The minimum atomic E-state index is -3.86. The number of rotatable bonds is 12. The van der Waals surface area contributed by atoms with Crippen LogP contribution in [0.4, 0.5) is 0 Å². The zero-order valence-electron chi connectivity index (χ0n) is 30.6. The Kier molecular flexibility index (Phi) is 13.4. The molecule has 0 spiro atoms. The van der Waals surface area contributed by atoms with Crippen molar-refractivity contribution < 1.29 is 27.9 Å². The van der Waals surface area contributed by atoms with Crippen LogP contribution in [0.25, 0.3) is 0 Å². The highest BCUT2D eigenvalue weighted by molar-refractivity contribution is 7.92. The third-order valence-electron chi connectivity index (χ3n) is 10.3. The first-order valence-electron chi connectivity index (χ1n) is 17.8. The normalized spacial score (nSPS) is 21.7. The molecule has 2 aromatic carbocycles. The van der Waals surface area contributed by atoms with Gasteiger partial charge in [0.1, 0.15) is 6.04 Å². The van der Waals surface area contributed by atoms with Gasteiger partial charge in [-0.25, -0.2) is 8.42 Å². The molecule has 0 bridgehead atoms. The first kappa shape index (κ1) is 40.4.